The lowest BCUT2D eigenvalue weighted by atomic mass is 9.94. The van der Waals surface area contributed by atoms with Gasteiger partial charge in [0.15, 0.2) is 6.29 Å². The Kier molecular flexibility index (Phi) is 8.71. The molecular formula is C30H40N6O2. The summed E-state index contributed by atoms with van der Waals surface area (Å²) in [6.45, 7) is 4.01. The van der Waals surface area contributed by atoms with Crippen LogP contribution < -0.4 is 0 Å². The Hall–Kier alpha value is -3.23. The predicted octanol–water partition coefficient (Wildman–Crippen LogP) is 5.96. The van der Waals surface area contributed by atoms with E-state index >= 15 is 0 Å². The molecule has 1 aromatic heterocycles. The van der Waals surface area contributed by atoms with Crippen LogP contribution in [-0.2, 0) is 16.0 Å². The van der Waals surface area contributed by atoms with Gasteiger partial charge in [0.05, 0.1) is 12.4 Å². The van der Waals surface area contributed by atoms with Gasteiger partial charge in [0, 0.05) is 38.1 Å². The average Bonchev–Trinajstić information content (AvgIpc) is 3.63. The van der Waals surface area contributed by atoms with Crippen molar-refractivity contribution in [1.82, 2.24) is 30.4 Å². The zero-order chi connectivity index (χ0) is 26.3. The molecule has 0 saturated heterocycles. The molecule has 2 heterocycles. The second kappa shape index (κ2) is 12.5. The Morgan fingerprint density at radius 2 is 1.71 bits per heavy atom. The second-order valence-corrected chi connectivity index (χ2v) is 10.3. The van der Waals surface area contributed by atoms with Crippen molar-refractivity contribution < 1.29 is 9.47 Å². The van der Waals surface area contributed by atoms with Gasteiger partial charge in [-0.25, -0.2) is 0 Å². The van der Waals surface area contributed by atoms with E-state index in [1.165, 1.54) is 49.1 Å². The minimum atomic E-state index is -0.335. The van der Waals surface area contributed by atoms with Gasteiger partial charge in [0.25, 0.3) is 0 Å². The van der Waals surface area contributed by atoms with Crippen molar-refractivity contribution in [3.05, 3.63) is 65.5 Å². The number of nitrogens with zero attached hydrogens (tertiary/aromatic N) is 5. The Morgan fingerprint density at radius 1 is 0.974 bits per heavy atom. The molecule has 0 bridgehead atoms. The molecule has 1 N–H and O–H groups in total. The van der Waals surface area contributed by atoms with Crippen LogP contribution in [0, 0.1) is 0 Å². The zero-order valence-electron chi connectivity index (χ0n) is 22.9. The standard InChI is InChI=1S/C30H40N6O2/c1-4-5-15-27-28(30(37-2)38-3)36(24-11-7-6-8-12-24)21-35(27)20-22-16-18-23(19-17-22)25-13-9-10-14-26(25)29-31-33-34-32-29/h9-10,13-14,16-19,24,30H,4-8,11-12,15,20-21H2,1-3H3,(H,31,32,33,34). The SMILES string of the molecule is CCCCC1=C(C(OC)OC)N(C2CCCCC2)CN1Cc1ccc(-c2ccccc2-c2nn[nH]n2)cc1. The highest BCUT2D eigenvalue weighted by Gasteiger charge is 2.37. The van der Waals surface area contributed by atoms with E-state index in [1.54, 1.807) is 14.2 Å². The summed E-state index contributed by atoms with van der Waals surface area (Å²) in [5.41, 5.74) is 7.10. The predicted molar refractivity (Wildman–Crippen MR) is 149 cm³/mol. The molecule has 1 aliphatic heterocycles. The van der Waals surface area contributed by atoms with Crippen LogP contribution in [0.25, 0.3) is 22.5 Å². The number of rotatable bonds is 11. The van der Waals surface area contributed by atoms with E-state index < -0.39 is 0 Å². The van der Waals surface area contributed by atoms with Crippen molar-refractivity contribution in [2.24, 2.45) is 0 Å². The average molecular weight is 517 g/mol. The van der Waals surface area contributed by atoms with Gasteiger partial charge in [-0.1, -0.05) is 81.1 Å². The number of tetrazole rings is 1. The number of aromatic amines is 1. The van der Waals surface area contributed by atoms with Gasteiger partial charge in [-0.2, -0.15) is 5.21 Å². The number of ether oxygens (including phenoxy) is 2. The second-order valence-electron chi connectivity index (χ2n) is 10.3. The van der Waals surface area contributed by atoms with Crippen LogP contribution in [0.1, 0.15) is 63.9 Å². The molecule has 202 valence electrons. The van der Waals surface area contributed by atoms with E-state index in [0.717, 1.165) is 49.2 Å². The summed E-state index contributed by atoms with van der Waals surface area (Å²) in [6, 6.07) is 17.6. The molecule has 2 aromatic carbocycles. The number of hydrogen-bond donors (Lipinski definition) is 1. The molecule has 38 heavy (non-hydrogen) atoms. The number of aromatic nitrogens is 4. The first-order chi connectivity index (χ1) is 18.7. The highest BCUT2D eigenvalue weighted by Crippen LogP contribution is 2.38. The van der Waals surface area contributed by atoms with Crippen molar-refractivity contribution in [3.63, 3.8) is 0 Å². The molecular weight excluding hydrogens is 476 g/mol. The van der Waals surface area contributed by atoms with Crippen molar-refractivity contribution in [2.45, 2.75) is 77.2 Å². The van der Waals surface area contributed by atoms with Crippen LogP contribution in [0.15, 0.2) is 59.9 Å². The lowest BCUT2D eigenvalue weighted by Gasteiger charge is -2.36. The lowest BCUT2D eigenvalue weighted by molar-refractivity contribution is -0.0923. The zero-order valence-corrected chi connectivity index (χ0v) is 22.9. The van der Waals surface area contributed by atoms with E-state index in [9.17, 15) is 0 Å². The Morgan fingerprint density at radius 3 is 2.37 bits per heavy atom. The van der Waals surface area contributed by atoms with E-state index in [4.69, 9.17) is 9.47 Å². The number of benzene rings is 2. The minimum absolute atomic E-state index is 0.335. The first kappa shape index (κ1) is 26.4. The Labute approximate surface area is 226 Å². The van der Waals surface area contributed by atoms with E-state index in [2.05, 4.69) is 67.7 Å². The van der Waals surface area contributed by atoms with Gasteiger partial charge in [0.1, 0.15) is 0 Å². The summed E-state index contributed by atoms with van der Waals surface area (Å²) in [5, 5.41) is 14.7. The van der Waals surface area contributed by atoms with E-state index in [0.29, 0.717) is 11.9 Å². The van der Waals surface area contributed by atoms with Crippen LogP contribution in [-0.4, -0.2) is 63.6 Å². The van der Waals surface area contributed by atoms with Gasteiger partial charge in [0.2, 0.25) is 5.82 Å². The summed E-state index contributed by atoms with van der Waals surface area (Å²) >= 11 is 0. The summed E-state index contributed by atoms with van der Waals surface area (Å²) in [6.07, 6.45) is 9.45. The van der Waals surface area contributed by atoms with Gasteiger partial charge in [-0.15, -0.1) is 10.2 Å². The third-order valence-electron chi connectivity index (χ3n) is 7.90. The van der Waals surface area contributed by atoms with Crippen LogP contribution in [0.4, 0.5) is 0 Å². The van der Waals surface area contributed by atoms with Crippen molar-refractivity contribution in [3.8, 4) is 22.5 Å². The third-order valence-corrected chi connectivity index (χ3v) is 7.90. The van der Waals surface area contributed by atoms with Gasteiger partial charge >= 0.3 is 0 Å². The van der Waals surface area contributed by atoms with E-state index in [1.807, 2.05) is 18.2 Å². The van der Waals surface area contributed by atoms with Gasteiger partial charge in [-0.3, -0.25) is 0 Å². The van der Waals surface area contributed by atoms with E-state index in [-0.39, 0.29) is 6.29 Å². The van der Waals surface area contributed by atoms with Crippen LogP contribution >= 0.6 is 0 Å². The molecule has 1 aliphatic carbocycles. The number of hydrogen-bond acceptors (Lipinski definition) is 7. The number of nitrogens with one attached hydrogen (secondary N) is 1. The Bertz CT molecular complexity index is 1180. The fourth-order valence-corrected chi connectivity index (χ4v) is 5.96. The topological polar surface area (TPSA) is 79.4 Å². The van der Waals surface area contributed by atoms with Crippen molar-refractivity contribution in [2.75, 3.05) is 20.9 Å². The number of unbranched alkanes of at least 4 members (excludes halogenated alkanes) is 1. The molecule has 0 amide bonds. The number of H-pyrrole nitrogens is 1. The number of methoxy groups -OCH3 is 2. The fourth-order valence-electron chi connectivity index (χ4n) is 5.96. The highest BCUT2D eigenvalue weighted by molar-refractivity contribution is 5.80. The highest BCUT2D eigenvalue weighted by atomic mass is 16.7. The molecule has 8 heteroatoms. The smallest absolute Gasteiger partial charge is 0.205 e. The molecule has 3 aromatic rings. The molecule has 1 saturated carbocycles. The maximum absolute atomic E-state index is 5.85. The number of allylic oxidation sites excluding steroid dienone is 1. The van der Waals surface area contributed by atoms with Crippen LogP contribution in [0.3, 0.4) is 0 Å². The van der Waals surface area contributed by atoms with Gasteiger partial charge in [-0.05, 0) is 47.6 Å². The van der Waals surface area contributed by atoms with Gasteiger partial charge < -0.3 is 19.3 Å². The normalized spacial score (nSPS) is 16.7. The molecule has 5 rings (SSSR count). The first-order valence-corrected chi connectivity index (χ1v) is 14.0. The maximum atomic E-state index is 5.85. The molecule has 1 fully saturated rings. The molecule has 2 aliphatic rings. The lowest BCUT2D eigenvalue weighted by Crippen LogP contribution is -2.40. The summed E-state index contributed by atoms with van der Waals surface area (Å²) in [5.74, 6) is 0.605. The molecule has 0 radical (unpaired) electrons. The maximum Gasteiger partial charge on any atom is 0.205 e. The molecule has 0 unspecified atom stereocenters. The summed E-state index contributed by atoms with van der Waals surface area (Å²) in [4.78, 5) is 5.14. The first-order valence-electron chi connectivity index (χ1n) is 14.0. The Balaban J connectivity index is 1.41. The molecule has 8 nitrogen and oxygen atoms in total. The summed E-state index contributed by atoms with van der Waals surface area (Å²) < 4.78 is 11.7. The summed E-state index contributed by atoms with van der Waals surface area (Å²) in [7, 11) is 3.51. The molecule has 0 spiro atoms. The quantitative estimate of drug-likeness (QED) is 0.315. The largest absolute Gasteiger partial charge is 0.351 e. The molecule has 0 atom stereocenters. The van der Waals surface area contributed by atoms with Crippen molar-refractivity contribution in [1.29, 1.82) is 0 Å². The monoisotopic (exact) mass is 516 g/mol. The van der Waals surface area contributed by atoms with Crippen LogP contribution in [0.2, 0.25) is 0 Å². The fraction of sp³-hybridized carbons (Fsp3) is 0.500. The third kappa shape index (κ3) is 5.61. The minimum Gasteiger partial charge on any atom is -0.351 e. The van der Waals surface area contributed by atoms with Crippen molar-refractivity contribution >= 4 is 0 Å². The van der Waals surface area contributed by atoms with Crippen LogP contribution in [0.5, 0.6) is 0 Å².